The van der Waals surface area contributed by atoms with Gasteiger partial charge in [0.2, 0.25) is 11.2 Å². The summed E-state index contributed by atoms with van der Waals surface area (Å²) in [4.78, 5) is 16.2. The van der Waals surface area contributed by atoms with E-state index in [1.54, 1.807) is 18.5 Å². The first-order chi connectivity index (χ1) is 11.6. The molecule has 0 aliphatic rings. The molecule has 24 heavy (non-hydrogen) atoms. The van der Waals surface area contributed by atoms with Crippen molar-refractivity contribution in [1.82, 2.24) is 4.98 Å². The van der Waals surface area contributed by atoms with Gasteiger partial charge < -0.3 is 9.15 Å². The van der Waals surface area contributed by atoms with Crippen LogP contribution in [0.3, 0.4) is 0 Å². The molecule has 0 amide bonds. The van der Waals surface area contributed by atoms with Crippen LogP contribution in [0.1, 0.15) is 22.5 Å². The Bertz CT molecular complexity index is 927. The third-order valence-electron chi connectivity index (χ3n) is 3.49. The predicted octanol–water partition coefficient (Wildman–Crippen LogP) is 4.61. The summed E-state index contributed by atoms with van der Waals surface area (Å²) in [5.74, 6) is 1.27. The molecular formula is C20H17NO3. The van der Waals surface area contributed by atoms with Crippen LogP contribution in [0, 0.1) is 13.8 Å². The minimum atomic E-state index is -0.230. The Morgan fingerprint density at radius 3 is 2.67 bits per heavy atom. The lowest BCUT2D eigenvalue weighted by atomic mass is 10.1. The van der Waals surface area contributed by atoms with E-state index in [2.05, 4.69) is 4.98 Å². The molecule has 0 bridgehead atoms. The Labute approximate surface area is 140 Å². The number of aromatic nitrogens is 1. The monoisotopic (exact) mass is 319 g/mol. The van der Waals surface area contributed by atoms with E-state index in [0.29, 0.717) is 11.5 Å². The molecule has 0 saturated carbocycles. The van der Waals surface area contributed by atoms with E-state index in [0.717, 1.165) is 16.7 Å². The molecule has 2 heterocycles. The highest BCUT2D eigenvalue weighted by Crippen LogP contribution is 2.24. The van der Waals surface area contributed by atoms with Gasteiger partial charge in [-0.15, -0.1) is 0 Å². The van der Waals surface area contributed by atoms with E-state index in [1.807, 2.05) is 50.3 Å². The smallest absolute Gasteiger partial charge is 0.227 e. The lowest BCUT2D eigenvalue weighted by Gasteiger charge is -2.08. The maximum absolute atomic E-state index is 12.2. The van der Waals surface area contributed by atoms with Gasteiger partial charge in [-0.2, -0.15) is 0 Å². The number of ether oxygens (including phenoxy) is 1. The van der Waals surface area contributed by atoms with Crippen molar-refractivity contribution in [3.8, 4) is 11.5 Å². The van der Waals surface area contributed by atoms with Crippen LogP contribution in [0.4, 0.5) is 0 Å². The fraction of sp³-hybridized carbons (Fsp3) is 0.100. The Hall–Kier alpha value is -3.14. The van der Waals surface area contributed by atoms with Crippen LogP contribution in [0.2, 0.25) is 0 Å². The summed E-state index contributed by atoms with van der Waals surface area (Å²) in [6, 6.07) is 11.0. The Morgan fingerprint density at radius 2 is 1.96 bits per heavy atom. The molecule has 0 aliphatic heterocycles. The standard InChI is InChI=1S/C20H17NO3/c1-14-5-8-19(15(2)10-14)24-20-13-23-17(11-18(20)22)7-6-16-4-3-9-21-12-16/h3-13H,1-2H3/b7-6+. The number of aryl methyl sites for hydroxylation is 2. The van der Waals surface area contributed by atoms with E-state index in [4.69, 9.17) is 9.15 Å². The van der Waals surface area contributed by atoms with Gasteiger partial charge in [-0.05, 0) is 49.3 Å². The Balaban J connectivity index is 1.80. The molecule has 3 aromatic rings. The Morgan fingerprint density at radius 1 is 1.08 bits per heavy atom. The molecule has 120 valence electrons. The minimum Gasteiger partial charge on any atom is -0.461 e. The summed E-state index contributed by atoms with van der Waals surface area (Å²) in [5, 5.41) is 0. The van der Waals surface area contributed by atoms with Crippen LogP contribution in [-0.4, -0.2) is 4.98 Å². The molecule has 0 spiro atoms. The number of hydrogen-bond acceptors (Lipinski definition) is 4. The molecule has 0 atom stereocenters. The third kappa shape index (κ3) is 3.79. The van der Waals surface area contributed by atoms with Gasteiger partial charge in [0, 0.05) is 18.5 Å². The highest BCUT2D eigenvalue weighted by atomic mass is 16.5. The second-order valence-corrected chi connectivity index (χ2v) is 5.50. The first-order valence-electron chi connectivity index (χ1n) is 7.58. The number of benzene rings is 1. The lowest BCUT2D eigenvalue weighted by molar-refractivity contribution is 0.433. The number of hydrogen-bond donors (Lipinski definition) is 0. The zero-order valence-corrected chi connectivity index (χ0v) is 13.5. The molecule has 2 aromatic heterocycles. The SMILES string of the molecule is Cc1ccc(Oc2coc(/C=C/c3cccnc3)cc2=O)c(C)c1. The normalized spacial score (nSPS) is 10.9. The molecule has 4 nitrogen and oxygen atoms in total. The molecule has 0 saturated heterocycles. The van der Waals surface area contributed by atoms with Crippen LogP contribution in [-0.2, 0) is 0 Å². The predicted molar refractivity (Wildman–Crippen MR) is 94.1 cm³/mol. The van der Waals surface area contributed by atoms with Crippen LogP contribution >= 0.6 is 0 Å². The van der Waals surface area contributed by atoms with Crippen molar-refractivity contribution in [3.63, 3.8) is 0 Å². The first kappa shape index (κ1) is 15.7. The zero-order chi connectivity index (χ0) is 16.9. The van der Waals surface area contributed by atoms with Gasteiger partial charge in [0.1, 0.15) is 17.8 Å². The second kappa shape index (κ2) is 6.96. The van der Waals surface area contributed by atoms with Gasteiger partial charge in [-0.25, -0.2) is 0 Å². The summed E-state index contributed by atoms with van der Waals surface area (Å²) < 4.78 is 11.1. The third-order valence-corrected chi connectivity index (χ3v) is 3.49. The fourth-order valence-electron chi connectivity index (χ4n) is 2.26. The van der Waals surface area contributed by atoms with Crippen LogP contribution in [0.25, 0.3) is 12.2 Å². The van der Waals surface area contributed by atoms with E-state index in [9.17, 15) is 4.79 Å². The average molecular weight is 319 g/mol. The largest absolute Gasteiger partial charge is 0.461 e. The lowest BCUT2D eigenvalue weighted by Crippen LogP contribution is -2.04. The minimum absolute atomic E-state index is 0.167. The van der Waals surface area contributed by atoms with E-state index in [1.165, 1.54) is 12.3 Å². The molecule has 0 radical (unpaired) electrons. The highest BCUT2D eigenvalue weighted by molar-refractivity contribution is 5.66. The van der Waals surface area contributed by atoms with Crippen molar-refractivity contribution in [2.24, 2.45) is 0 Å². The topological polar surface area (TPSA) is 52.3 Å². The van der Waals surface area contributed by atoms with Crippen LogP contribution in [0.15, 0.2) is 64.3 Å². The van der Waals surface area contributed by atoms with Gasteiger partial charge in [0.25, 0.3) is 0 Å². The fourth-order valence-corrected chi connectivity index (χ4v) is 2.26. The second-order valence-electron chi connectivity index (χ2n) is 5.50. The maximum Gasteiger partial charge on any atom is 0.227 e. The molecule has 1 aromatic carbocycles. The van der Waals surface area contributed by atoms with E-state index < -0.39 is 0 Å². The molecule has 0 unspecified atom stereocenters. The average Bonchev–Trinajstić information content (AvgIpc) is 2.58. The van der Waals surface area contributed by atoms with Crippen molar-refractivity contribution in [3.05, 3.63) is 87.7 Å². The van der Waals surface area contributed by atoms with Crippen molar-refractivity contribution >= 4 is 12.2 Å². The molecule has 0 N–H and O–H groups in total. The summed E-state index contributed by atoms with van der Waals surface area (Å²) in [6.07, 6.45) is 8.32. The summed E-state index contributed by atoms with van der Waals surface area (Å²) in [5.41, 5.74) is 2.81. The maximum atomic E-state index is 12.2. The summed E-state index contributed by atoms with van der Waals surface area (Å²) in [7, 11) is 0. The molecule has 3 rings (SSSR count). The van der Waals surface area contributed by atoms with Crippen molar-refractivity contribution in [1.29, 1.82) is 0 Å². The first-order valence-corrected chi connectivity index (χ1v) is 7.58. The van der Waals surface area contributed by atoms with E-state index in [-0.39, 0.29) is 11.2 Å². The zero-order valence-electron chi connectivity index (χ0n) is 13.5. The van der Waals surface area contributed by atoms with Gasteiger partial charge >= 0.3 is 0 Å². The molecule has 0 fully saturated rings. The quantitative estimate of drug-likeness (QED) is 0.704. The van der Waals surface area contributed by atoms with E-state index >= 15 is 0 Å². The molecular weight excluding hydrogens is 302 g/mol. The summed E-state index contributed by atoms with van der Waals surface area (Å²) in [6.45, 7) is 3.95. The number of rotatable bonds is 4. The molecule has 0 aliphatic carbocycles. The van der Waals surface area contributed by atoms with Gasteiger partial charge in [0.05, 0.1) is 0 Å². The summed E-state index contributed by atoms with van der Waals surface area (Å²) >= 11 is 0. The van der Waals surface area contributed by atoms with Crippen molar-refractivity contribution in [2.45, 2.75) is 13.8 Å². The number of nitrogens with zero attached hydrogens (tertiary/aromatic N) is 1. The van der Waals surface area contributed by atoms with Crippen LogP contribution < -0.4 is 10.2 Å². The molecule has 4 heteroatoms. The van der Waals surface area contributed by atoms with Crippen LogP contribution in [0.5, 0.6) is 11.5 Å². The van der Waals surface area contributed by atoms with Gasteiger partial charge in [-0.3, -0.25) is 9.78 Å². The van der Waals surface area contributed by atoms with Gasteiger partial charge in [0.15, 0.2) is 0 Å². The highest BCUT2D eigenvalue weighted by Gasteiger charge is 2.07. The van der Waals surface area contributed by atoms with Gasteiger partial charge in [-0.1, -0.05) is 23.8 Å². The number of pyridine rings is 1. The van der Waals surface area contributed by atoms with Crippen molar-refractivity contribution < 1.29 is 9.15 Å². The van der Waals surface area contributed by atoms with Crippen molar-refractivity contribution in [2.75, 3.05) is 0 Å². The Kier molecular flexibility index (Phi) is 4.57.